The number of para-hydroxylation sites is 1. The lowest BCUT2D eigenvalue weighted by Gasteiger charge is -2.17. The Hall–Kier alpha value is -2.56. The molecule has 0 aliphatic heterocycles. The number of benzene rings is 1. The quantitative estimate of drug-likeness (QED) is 0.787. The maximum Gasteiger partial charge on any atom is 0.240 e. The first kappa shape index (κ1) is 14.4. The lowest BCUT2D eigenvalue weighted by atomic mass is 10.1. The second-order valence-electron chi connectivity index (χ2n) is 5.41. The number of amides is 1. The van der Waals surface area contributed by atoms with Gasteiger partial charge in [0.1, 0.15) is 6.54 Å². The van der Waals surface area contributed by atoms with Gasteiger partial charge in [-0.1, -0.05) is 25.1 Å². The molecule has 0 bridgehead atoms. The molecule has 0 aliphatic carbocycles. The van der Waals surface area contributed by atoms with Crippen LogP contribution in [0.4, 0.5) is 0 Å². The largest absolute Gasteiger partial charge is 0.346 e. The van der Waals surface area contributed by atoms with E-state index >= 15 is 0 Å². The molecule has 3 aromatic rings. The molecule has 3 rings (SSSR count). The van der Waals surface area contributed by atoms with Crippen molar-refractivity contribution in [1.29, 1.82) is 0 Å². The molecule has 0 saturated heterocycles. The topological polar surface area (TPSA) is 51.9 Å². The molecule has 2 aromatic heterocycles. The molecule has 1 aromatic carbocycles. The van der Waals surface area contributed by atoms with Crippen LogP contribution in [0.5, 0.6) is 0 Å². The third-order valence-electron chi connectivity index (χ3n) is 3.95. The third-order valence-corrected chi connectivity index (χ3v) is 3.95. The number of carbonyl (C=O) groups is 1. The van der Waals surface area contributed by atoms with Crippen molar-refractivity contribution >= 4 is 16.8 Å². The van der Waals surface area contributed by atoms with Gasteiger partial charge in [-0.3, -0.25) is 9.48 Å². The minimum absolute atomic E-state index is 0.00871. The fraction of sp³-hybridized carbons (Fsp3) is 0.294. The van der Waals surface area contributed by atoms with Crippen LogP contribution in [0.15, 0.2) is 48.8 Å². The summed E-state index contributed by atoms with van der Waals surface area (Å²) >= 11 is 0. The number of nitrogens with one attached hydrogen (secondary N) is 1. The number of fused-ring (bicyclic) bond motifs is 1. The summed E-state index contributed by atoms with van der Waals surface area (Å²) < 4.78 is 3.78. The Balaban J connectivity index is 1.73. The number of aromatic nitrogens is 3. The fourth-order valence-corrected chi connectivity index (χ4v) is 2.78. The number of hydrogen-bond acceptors (Lipinski definition) is 2. The van der Waals surface area contributed by atoms with Gasteiger partial charge in [-0.25, -0.2) is 0 Å². The van der Waals surface area contributed by atoms with Crippen molar-refractivity contribution in [2.24, 2.45) is 7.05 Å². The molecule has 114 valence electrons. The molecule has 1 amide bonds. The van der Waals surface area contributed by atoms with Gasteiger partial charge >= 0.3 is 0 Å². The molecule has 5 nitrogen and oxygen atoms in total. The number of aryl methyl sites for hydroxylation is 1. The monoisotopic (exact) mass is 296 g/mol. The third kappa shape index (κ3) is 2.74. The molecule has 1 N–H and O–H groups in total. The fourth-order valence-electron chi connectivity index (χ4n) is 2.78. The predicted molar refractivity (Wildman–Crippen MR) is 86.3 cm³/mol. The van der Waals surface area contributed by atoms with E-state index in [1.165, 1.54) is 0 Å². The van der Waals surface area contributed by atoms with Gasteiger partial charge in [0.05, 0.1) is 11.7 Å². The Morgan fingerprint density at radius 1 is 1.27 bits per heavy atom. The average molecular weight is 296 g/mol. The van der Waals surface area contributed by atoms with Crippen LogP contribution in [-0.4, -0.2) is 20.3 Å². The highest BCUT2D eigenvalue weighted by Gasteiger charge is 2.16. The van der Waals surface area contributed by atoms with E-state index in [1.54, 1.807) is 10.9 Å². The second kappa shape index (κ2) is 6.05. The summed E-state index contributed by atoms with van der Waals surface area (Å²) in [5, 5.41) is 8.41. The Morgan fingerprint density at radius 3 is 2.82 bits per heavy atom. The standard InChI is InChI=1S/C17H20N4O/c1-3-14(16-8-10-18-20(16)2)19-17(22)12-21-11-9-13-6-4-5-7-15(13)21/h4-11,14H,3,12H2,1-2H3,(H,19,22). The van der Waals surface area contributed by atoms with Crippen LogP contribution in [0.2, 0.25) is 0 Å². The van der Waals surface area contributed by atoms with Gasteiger partial charge in [0, 0.05) is 25.0 Å². The Kier molecular flexibility index (Phi) is 3.96. The number of nitrogens with zero attached hydrogens (tertiary/aromatic N) is 3. The summed E-state index contributed by atoms with van der Waals surface area (Å²) in [4.78, 5) is 12.4. The zero-order chi connectivity index (χ0) is 15.5. The van der Waals surface area contributed by atoms with Crippen molar-refractivity contribution < 1.29 is 4.79 Å². The molecule has 2 heterocycles. The van der Waals surface area contributed by atoms with Crippen LogP contribution in [0.1, 0.15) is 25.1 Å². The van der Waals surface area contributed by atoms with Crippen molar-refractivity contribution in [1.82, 2.24) is 19.7 Å². The first-order chi connectivity index (χ1) is 10.7. The average Bonchev–Trinajstić information content (AvgIpc) is 3.12. The van der Waals surface area contributed by atoms with Gasteiger partial charge < -0.3 is 9.88 Å². The predicted octanol–water partition coefficient (Wildman–Crippen LogP) is 2.64. The maximum atomic E-state index is 12.4. The van der Waals surface area contributed by atoms with Gasteiger partial charge in [0.2, 0.25) is 5.91 Å². The molecule has 0 radical (unpaired) electrons. The highest BCUT2D eigenvalue weighted by molar-refractivity contribution is 5.83. The molecule has 22 heavy (non-hydrogen) atoms. The number of carbonyl (C=O) groups excluding carboxylic acids is 1. The molecule has 0 spiro atoms. The van der Waals surface area contributed by atoms with Crippen molar-refractivity contribution in [3.63, 3.8) is 0 Å². The Morgan fingerprint density at radius 2 is 2.09 bits per heavy atom. The molecule has 5 heteroatoms. The van der Waals surface area contributed by atoms with E-state index in [0.29, 0.717) is 6.54 Å². The van der Waals surface area contributed by atoms with E-state index in [2.05, 4.69) is 17.3 Å². The first-order valence-electron chi connectivity index (χ1n) is 7.50. The van der Waals surface area contributed by atoms with Crippen LogP contribution >= 0.6 is 0 Å². The summed E-state index contributed by atoms with van der Waals surface area (Å²) in [6.45, 7) is 2.38. The summed E-state index contributed by atoms with van der Waals surface area (Å²) in [6.07, 6.45) is 4.54. The van der Waals surface area contributed by atoms with Gasteiger partial charge in [-0.05, 0) is 30.0 Å². The van der Waals surface area contributed by atoms with E-state index in [4.69, 9.17) is 0 Å². The van der Waals surface area contributed by atoms with Crippen molar-refractivity contribution in [3.8, 4) is 0 Å². The lowest BCUT2D eigenvalue weighted by Crippen LogP contribution is -2.32. The van der Waals surface area contributed by atoms with E-state index in [1.807, 2.05) is 54.2 Å². The van der Waals surface area contributed by atoms with Crippen LogP contribution in [0.3, 0.4) is 0 Å². The van der Waals surface area contributed by atoms with Crippen LogP contribution in [-0.2, 0) is 18.4 Å². The molecule has 1 unspecified atom stereocenters. The van der Waals surface area contributed by atoms with E-state index < -0.39 is 0 Å². The van der Waals surface area contributed by atoms with Crippen LogP contribution in [0, 0.1) is 0 Å². The zero-order valence-corrected chi connectivity index (χ0v) is 12.9. The SMILES string of the molecule is CCC(NC(=O)Cn1ccc2ccccc21)c1ccnn1C. The molecule has 0 aliphatic rings. The van der Waals surface area contributed by atoms with Gasteiger partial charge in [-0.15, -0.1) is 0 Å². The van der Waals surface area contributed by atoms with Crippen molar-refractivity contribution in [3.05, 3.63) is 54.5 Å². The van der Waals surface area contributed by atoms with Gasteiger partial charge in [-0.2, -0.15) is 5.10 Å². The zero-order valence-electron chi connectivity index (χ0n) is 12.9. The molecular weight excluding hydrogens is 276 g/mol. The normalized spacial score (nSPS) is 12.5. The van der Waals surface area contributed by atoms with Crippen LogP contribution in [0.25, 0.3) is 10.9 Å². The molecular formula is C17H20N4O. The van der Waals surface area contributed by atoms with E-state index in [9.17, 15) is 4.79 Å². The highest BCUT2D eigenvalue weighted by Crippen LogP contribution is 2.17. The van der Waals surface area contributed by atoms with E-state index in [0.717, 1.165) is 23.0 Å². The summed E-state index contributed by atoms with van der Waals surface area (Å²) in [7, 11) is 1.89. The highest BCUT2D eigenvalue weighted by atomic mass is 16.2. The molecule has 1 atom stereocenters. The lowest BCUT2D eigenvalue weighted by molar-refractivity contribution is -0.122. The maximum absolute atomic E-state index is 12.4. The first-order valence-corrected chi connectivity index (χ1v) is 7.50. The van der Waals surface area contributed by atoms with Crippen molar-refractivity contribution in [2.45, 2.75) is 25.9 Å². The van der Waals surface area contributed by atoms with Crippen molar-refractivity contribution in [2.75, 3.05) is 0 Å². The summed E-state index contributed by atoms with van der Waals surface area (Å²) in [5.74, 6) is 0.00871. The molecule has 0 fully saturated rings. The summed E-state index contributed by atoms with van der Waals surface area (Å²) in [6, 6.07) is 12.0. The minimum atomic E-state index is -0.0122. The van der Waals surface area contributed by atoms with E-state index in [-0.39, 0.29) is 11.9 Å². The second-order valence-corrected chi connectivity index (χ2v) is 5.41. The number of hydrogen-bond donors (Lipinski definition) is 1. The minimum Gasteiger partial charge on any atom is -0.346 e. The Bertz CT molecular complexity index is 787. The Labute approximate surface area is 129 Å². The van der Waals surface area contributed by atoms with Crippen LogP contribution < -0.4 is 5.32 Å². The smallest absolute Gasteiger partial charge is 0.240 e. The summed E-state index contributed by atoms with van der Waals surface area (Å²) in [5.41, 5.74) is 2.10. The van der Waals surface area contributed by atoms with Gasteiger partial charge in [0.25, 0.3) is 0 Å². The van der Waals surface area contributed by atoms with Gasteiger partial charge in [0.15, 0.2) is 0 Å². The number of rotatable bonds is 5. The molecule has 0 saturated carbocycles.